The fraction of sp³-hybridized carbons (Fsp3) is 0.417. The summed E-state index contributed by atoms with van der Waals surface area (Å²) in [6, 6.07) is 35.1. The smallest absolute Gasteiger partial charge is 0.303 e. The van der Waals surface area contributed by atoms with E-state index >= 15 is 0 Å². The molecule has 0 amide bonds. The Kier molecular flexibility index (Phi) is 17.8. The average molecular weight is 995 g/mol. The minimum Gasteiger partial charge on any atom is -0.481 e. The molecule has 0 radical (unpaired) electrons. The van der Waals surface area contributed by atoms with Gasteiger partial charge in [0.1, 0.15) is 22.5 Å². The number of carboxylic acids is 1. The summed E-state index contributed by atoms with van der Waals surface area (Å²) in [5.74, 6) is -0.711. The van der Waals surface area contributed by atoms with Crippen molar-refractivity contribution in [2.75, 3.05) is 77.3 Å². The summed E-state index contributed by atoms with van der Waals surface area (Å²) in [5, 5.41) is 23.2. The van der Waals surface area contributed by atoms with Crippen molar-refractivity contribution in [2.45, 2.75) is 96.7 Å². The van der Waals surface area contributed by atoms with E-state index in [1.807, 2.05) is 22.7 Å². The van der Waals surface area contributed by atoms with Crippen LogP contribution >= 0.6 is 22.7 Å². The van der Waals surface area contributed by atoms with Crippen molar-refractivity contribution in [2.24, 2.45) is 0 Å². The summed E-state index contributed by atoms with van der Waals surface area (Å²) >= 11 is 3.72. The van der Waals surface area contributed by atoms with Gasteiger partial charge in [0.05, 0.1) is 41.3 Å². The van der Waals surface area contributed by atoms with E-state index in [-0.39, 0.29) is 6.42 Å². The molecule has 2 aliphatic heterocycles. The van der Waals surface area contributed by atoms with Crippen LogP contribution in [0.3, 0.4) is 0 Å². The molecule has 0 spiro atoms. The molecule has 4 heterocycles. The van der Waals surface area contributed by atoms with Crippen LogP contribution in [0, 0.1) is 0 Å². The van der Waals surface area contributed by atoms with Gasteiger partial charge < -0.3 is 29.0 Å². The van der Waals surface area contributed by atoms with Gasteiger partial charge in [-0.3, -0.25) is 4.79 Å². The summed E-state index contributed by atoms with van der Waals surface area (Å²) < 4.78 is 9.13. The molecule has 9 nitrogen and oxygen atoms in total. The first-order valence-corrected chi connectivity index (χ1v) is 27.9. The molecule has 2 aliphatic rings. The maximum absolute atomic E-state index is 11.6. The number of anilines is 2. The van der Waals surface area contributed by atoms with E-state index in [1.165, 1.54) is 89.8 Å². The van der Waals surface area contributed by atoms with Gasteiger partial charge in [0.15, 0.2) is 19.2 Å². The lowest BCUT2D eigenvalue weighted by Gasteiger charge is -2.37. The molecule has 1 unspecified atom stereocenters. The van der Waals surface area contributed by atoms with Crippen LogP contribution in [-0.2, 0) is 17.9 Å². The van der Waals surface area contributed by atoms with Crippen LogP contribution in [0.4, 0.5) is 11.4 Å². The van der Waals surface area contributed by atoms with Gasteiger partial charge in [0.2, 0.25) is 11.0 Å². The molecule has 2 aromatic heterocycles. The van der Waals surface area contributed by atoms with Crippen LogP contribution in [0.25, 0.3) is 43.7 Å². The first-order chi connectivity index (χ1) is 34.4. The number of benzene rings is 4. The molecule has 4 aromatic carbocycles. The Bertz CT molecular complexity index is 2870. The Morgan fingerprint density at radius 3 is 1.51 bits per heavy atom. The number of carbonyl (C=O) groups is 1. The van der Waals surface area contributed by atoms with E-state index in [1.54, 1.807) is 0 Å². The van der Waals surface area contributed by atoms with E-state index in [0.717, 1.165) is 93.3 Å². The van der Waals surface area contributed by atoms with Gasteiger partial charge in [-0.05, 0) is 66.8 Å². The van der Waals surface area contributed by atoms with Gasteiger partial charge in [-0.15, -0.1) is 0 Å². The number of likely N-dealkylation sites (N-methyl/N-ethyl adjacent to an activating group) is 2. The second kappa shape index (κ2) is 24.3. The predicted octanol–water partition coefficient (Wildman–Crippen LogP) is 12.0. The lowest BCUT2D eigenvalue weighted by molar-refractivity contribution is -0.914. The summed E-state index contributed by atoms with van der Waals surface area (Å²) in [4.78, 5) is 15.8. The predicted molar refractivity (Wildman–Crippen MR) is 299 cm³/mol. The van der Waals surface area contributed by atoms with E-state index in [2.05, 4.69) is 188 Å². The Morgan fingerprint density at radius 1 is 0.592 bits per heavy atom. The summed E-state index contributed by atoms with van der Waals surface area (Å²) in [5.41, 5.74) is 10.1. The van der Waals surface area contributed by atoms with Crippen LogP contribution in [-0.4, -0.2) is 98.7 Å². The zero-order valence-electron chi connectivity index (χ0n) is 43.0. The minimum absolute atomic E-state index is 0.247. The van der Waals surface area contributed by atoms with Gasteiger partial charge in [0.25, 0.3) is 10.0 Å². The fourth-order valence-corrected chi connectivity index (χ4v) is 12.9. The SMILES string of the molecule is CCCCCC[n+]1c(/C=C2\C=CN(CCC[N+](C)(C)CC(O)C[N+](C)(C)CCCN3C=C/C(=C\c4sc5ccccc5[n+]4CCCCCCC(=O)O)c4ccccc43)c3ccccc32)sc2ccccc21. The molecule has 2 N–H and O–H groups in total. The van der Waals surface area contributed by atoms with Crippen LogP contribution < -0.4 is 18.9 Å². The summed E-state index contributed by atoms with van der Waals surface area (Å²) in [6.45, 7) is 9.45. The molecule has 0 bridgehead atoms. The number of aromatic nitrogens is 2. The highest BCUT2D eigenvalue weighted by Gasteiger charge is 2.29. The number of fused-ring (bicyclic) bond motifs is 4. The lowest BCUT2D eigenvalue weighted by Crippen LogP contribution is -2.53. The van der Waals surface area contributed by atoms with Crippen molar-refractivity contribution in [1.82, 2.24) is 0 Å². The third kappa shape index (κ3) is 13.8. The number of aliphatic hydroxyl groups is 1. The number of quaternary nitrogens is 2. The number of aliphatic carboxylic acids is 1. The molecule has 8 rings (SSSR count). The maximum Gasteiger partial charge on any atom is 0.303 e. The van der Waals surface area contributed by atoms with Crippen molar-refractivity contribution in [3.05, 3.63) is 143 Å². The number of thiazole rings is 2. The van der Waals surface area contributed by atoms with E-state index < -0.39 is 12.1 Å². The van der Waals surface area contributed by atoms with Crippen LogP contribution in [0.1, 0.15) is 98.7 Å². The van der Waals surface area contributed by atoms with E-state index in [4.69, 9.17) is 5.11 Å². The number of aryl methyl sites for hydroxylation is 2. The number of unbranched alkanes of at least 4 members (excludes halogenated alkanes) is 6. The van der Waals surface area contributed by atoms with Gasteiger partial charge in [-0.25, -0.2) is 0 Å². The van der Waals surface area contributed by atoms with Crippen molar-refractivity contribution < 1.29 is 33.1 Å². The first-order valence-electron chi connectivity index (χ1n) is 26.3. The number of nitrogens with zero attached hydrogens (tertiary/aromatic N) is 6. The molecular weight excluding hydrogens is 917 g/mol. The largest absolute Gasteiger partial charge is 0.481 e. The molecule has 6 aromatic rings. The Labute approximate surface area is 431 Å². The number of aliphatic hydroxyl groups excluding tert-OH is 1. The molecule has 71 heavy (non-hydrogen) atoms. The number of hydrogen-bond donors (Lipinski definition) is 2. The number of para-hydroxylation sites is 4. The molecule has 0 fully saturated rings. The maximum atomic E-state index is 11.6. The molecule has 1 atom stereocenters. The average Bonchev–Trinajstić information content (AvgIpc) is 3.88. The Hall–Kier alpha value is -5.43. The highest BCUT2D eigenvalue weighted by molar-refractivity contribution is 7.19. The van der Waals surface area contributed by atoms with Crippen molar-refractivity contribution in [1.29, 1.82) is 0 Å². The third-order valence-electron chi connectivity index (χ3n) is 14.2. The van der Waals surface area contributed by atoms with Crippen LogP contribution in [0.2, 0.25) is 0 Å². The topological polar surface area (TPSA) is 71.8 Å². The standard InChI is InChI=1S/C60H77N6O3S2/c1-6-7-8-20-37-63-54-28-16-18-30-56(54)70-58(63)43-47-33-39-61(52-26-14-12-24-50(47)52)35-22-41-65(2,3)45-49(67)46-66(4,5)42-23-36-62-40-34-48(51-25-13-15-27-53(51)62)44-59-64(38-21-10-9-11-32-60(68)69)55-29-17-19-31-57(55)71-59/h12-19,24-31,33-34,39-40,43-44,49,67H,6-11,20-23,32,35-38,41-42,45-46H2,1-5H3/q+3/p+1. The Morgan fingerprint density at radius 2 is 1.03 bits per heavy atom. The summed E-state index contributed by atoms with van der Waals surface area (Å²) in [7, 11) is 9.06. The third-order valence-corrected chi connectivity index (χ3v) is 16.5. The second-order valence-electron chi connectivity index (χ2n) is 21.0. The molecule has 0 aliphatic carbocycles. The number of hydrogen-bond acceptors (Lipinski definition) is 6. The number of rotatable bonds is 26. The monoisotopic (exact) mass is 995 g/mol. The van der Waals surface area contributed by atoms with Gasteiger partial charge >= 0.3 is 5.97 Å². The van der Waals surface area contributed by atoms with E-state index in [9.17, 15) is 9.90 Å². The van der Waals surface area contributed by atoms with Gasteiger partial charge in [0, 0.05) is 104 Å². The first kappa shape index (κ1) is 51.9. The van der Waals surface area contributed by atoms with Gasteiger partial charge in [-0.1, -0.05) is 110 Å². The highest BCUT2D eigenvalue weighted by atomic mass is 32.1. The quantitative estimate of drug-likeness (QED) is 0.0322. The van der Waals surface area contributed by atoms with E-state index in [0.29, 0.717) is 6.54 Å². The summed E-state index contributed by atoms with van der Waals surface area (Å²) in [6.07, 6.45) is 24.4. The van der Waals surface area contributed by atoms with Crippen LogP contribution in [0.5, 0.6) is 0 Å². The zero-order chi connectivity index (χ0) is 49.8. The molecule has 374 valence electrons. The number of allylic oxidation sites excluding steroid dienone is 4. The highest BCUT2D eigenvalue weighted by Crippen LogP contribution is 2.37. The van der Waals surface area contributed by atoms with Crippen LogP contribution in [0.15, 0.2) is 122 Å². The molecule has 0 saturated carbocycles. The lowest BCUT2D eigenvalue weighted by atomic mass is 9.99. The molecule has 0 saturated heterocycles. The molecular formula is C60H78N6O3S2+4. The van der Waals surface area contributed by atoms with Crippen molar-refractivity contribution >= 4 is 83.7 Å². The van der Waals surface area contributed by atoms with Crippen molar-refractivity contribution in [3.8, 4) is 0 Å². The minimum atomic E-state index is -0.711. The number of carboxylic acid groups (broad SMARTS) is 1. The van der Waals surface area contributed by atoms with Crippen molar-refractivity contribution in [3.63, 3.8) is 0 Å². The zero-order valence-corrected chi connectivity index (χ0v) is 44.6. The van der Waals surface area contributed by atoms with Gasteiger partial charge in [-0.2, -0.15) is 9.13 Å². The fourth-order valence-electron chi connectivity index (χ4n) is 10.6. The second-order valence-corrected chi connectivity index (χ2v) is 23.2. The normalized spacial score (nSPS) is 15.4. The molecule has 11 heteroatoms. The Balaban J connectivity index is 0.829.